The smallest absolute Gasteiger partial charge is 0.328 e. The molecule has 1 aliphatic heterocycles. The van der Waals surface area contributed by atoms with Gasteiger partial charge in [0.2, 0.25) is 1.41 Å². The summed E-state index contributed by atoms with van der Waals surface area (Å²) in [5.74, 6) is -0.894. The maximum absolute atomic E-state index is 10.5. The first-order chi connectivity index (χ1) is 5.25. The third kappa shape index (κ3) is 1.07. The van der Waals surface area contributed by atoms with Gasteiger partial charge in [-0.2, -0.15) is 5.52 Å². The van der Waals surface area contributed by atoms with Crippen LogP contribution >= 0.6 is 0 Å². The first-order valence-corrected chi connectivity index (χ1v) is 3.10. The highest BCUT2D eigenvalue weighted by molar-refractivity contribution is 5.73. The molecule has 1 heterocycles. The summed E-state index contributed by atoms with van der Waals surface area (Å²) in [5.41, 5.74) is 2.79. The fourth-order valence-corrected chi connectivity index (χ4v) is 1.11. The Hall–Kier alpha value is -1.13. The molecule has 0 spiro atoms. The van der Waals surface area contributed by atoms with E-state index in [2.05, 4.69) is 10.7 Å². The van der Waals surface area contributed by atoms with Crippen molar-refractivity contribution in [3.8, 4) is 0 Å². The normalized spacial score (nSPS) is 27.4. The zero-order valence-electron chi connectivity index (χ0n) is 6.40. The van der Waals surface area contributed by atoms with Crippen molar-refractivity contribution in [2.75, 3.05) is 6.54 Å². The molecular weight excluding hydrogens is 134 g/mol. The van der Waals surface area contributed by atoms with Crippen LogP contribution in [0.5, 0.6) is 0 Å². The molecule has 0 bridgehead atoms. The van der Waals surface area contributed by atoms with Gasteiger partial charge in [0.15, 0.2) is 0 Å². The molecule has 2 N–H and O–H groups in total. The van der Waals surface area contributed by atoms with Crippen molar-refractivity contribution in [2.45, 2.75) is 18.9 Å². The number of hydrogen-bond acceptors (Lipinski definition) is 3. The van der Waals surface area contributed by atoms with Crippen LogP contribution in [0.1, 0.15) is 12.8 Å². The molecule has 0 amide bonds. The van der Waals surface area contributed by atoms with E-state index in [-0.39, 0.29) is 0 Å². The van der Waals surface area contributed by atoms with Gasteiger partial charge < -0.3 is 5.11 Å². The number of carbonyl (C=O) groups is 1. The standard InChI is InChI=1S/C5H9N3O2/c6-7-8-3-1-2-4(8)5(9)10/h4,6H,1-3H2,(H,9,10)/i/hD. The molecular formula is C5H9N3O2. The summed E-state index contributed by atoms with van der Waals surface area (Å²) >= 11 is 0. The molecule has 56 valence electrons. The van der Waals surface area contributed by atoms with Crippen LogP contribution in [0.4, 0.5) is 0 Å². The molecule has 1 rings (SSSR count). The molecule has 0 aromatic heterocycles. The third-order valence-corrected chi connectivity index (χ3v) is 1.62. The molecule has 0 aliphatic carbocycles. The second-order valence-corrected chi connectivity index (χ2v) is 2.25. The van der Waals surface area contributed by atoms with E-state index in [0.29, 0.717) is 13.0 Å². The zero-order valence-corrected chi connectivity index (χ0v) is 5.40. The molecule has 5 heteroatoms. The average Bonchev–Trinajstić information content (AvgIpc) is 2.36. The van der Waals surface area contributed by atoms with Gasteiger partial charge in [0.1, 0.15) is 6.04 Å². The molecule has 0 aromatic rings. The molecule has 1 unspecified atom stereocenters. The summed E-state index contributed by atoms with van der Waals surface area (Å²) in [7, 11) is 0. The van der Waals surface area contributed by atoms with E-state index < -0.39 is 12.0 Å². The van der Waals surface area contributed by atoms with Gasteiger partial charge in [-0.3, -0.25) is 5.01 Å². The van der Waals surface area contributed by atoms with E-state index in [9.17, 15) is 4.79 Å². The molecule has 1 atom stereocenters. The molecule has 0 aromatic carbocycles. The highest BCUT2D eigenvalue weighted by Crippen LogP contribution is 2.16. The van der Waals surface area contributed by atoms with Gasteiger partial charge in [0.25, 0.3) is 0 Å². The van der Waals surface area contributed by atoms with Gasteiger partial charge in [-0.15, -0.1) is 0 Å². The SMILES string of the molecule is [2H]N=NN1CCCC1C(=O)O. The van der Waals surface area contributed by atoms with Gasteiger partial charge in [-0.05, 0) is 12.8 Å². The minimum Gasteiger partial charge on any atom is -0.480 e. The first-order valence-electron chi connectivity index (χ1n) is 3.55. The van der Waals surface area contributed by atoms with Crippen LogP contribution in [0.25, 0.3) is 0 Å². The molecule has 1 fully saturated rings. The van der Waals surface area contributed by atoms with E-state index in [4.69, 9.17) is 6.52 Å². The molecule has 0 saturated carbocycles. The van der Waals surface area contributed by atoms with Crippen molar-refractivity contribution >= 4 is 5.97 Å². The second kappa shape index (κ2) is 2.64. The number of aliphatic carboxylic acids is 1. The van der Waals surface area contributed by atoms with Crippen molar-refractivity contribution in [3.05, 3.63) is 0 Å². The van der Waals surface area contributed by atoms with Crippen LogP contribution < -0.4 is 0 Å². The minimum atomic E-state index is -0.894. The van der Waals surface area contributed by atoms with Gasteiger partial charge in [-0.25, -0.2) is 4.79 Å². The number of nitrogens with one attached hydrogen (secondary N) is 1. The highest BCUT2D eigenvalue weighted by atomic mass is 16.4. The topological polar surface area (TPSA) is 76.8 Å². The van der Waals surface area contributed by atoms with Crippen molar-refractivity contribution in [3.63, 3.8) is 0 Å². The number of nitrogens with zero attached hydrogens (tertiary/aromatic N) is 2. The fraction of sp³-hybridized carbons (Fsp3) is 0.800. The van der Waals surface area contributed by atoms with E-state index in [0.717, 1.165) is 6.42 Å². The summed E-state index contributed by atoms with van der Waals surface area (Å²) in [4.78, 5) is 10.5. The van der Waals surface area contributed by atoms with E-state index in [1.807, 2.05) is 0 Å². The van der Waals surface area contributed by atoms with Crippen molar-refractivity contribution in [1.82, 2.24) is 5.01 Å². The van der Waals surface area contributed by atoms with Crippen LogP contribution in [0.15, 0.2) is 5.22 Å². The Morgan fingerprint density at radius 3 is 3.40 bits per heavy atom. The predicted molar refractivity (Wildman–Crippen MR) is 32.5 cm³/mol. The highest BCUT2D eigenvalue weighted by Gasteiger charge is 2.29. The lowest BCUT2D eigenvalue weighted by Crippen LogP contribution is -2.31. The lowest BCUT2D eigenvalue weighted by Gasteiger charge is -2.13. The Balaban J connectivity index is 2.57. The maximum atomic E-state index is 10.5. The Bertz CT molecular complexity index is 185. The van der Waals surface area contributed by atoms with Gasteiger partial charge >= 0.3 is 5.97 Å². The monoisotopic (exact) mass is 144 g/mol. The third-order valence-electron chi connectivity index (χ3n) is 1.62. The lowest BCUT2D eigenvalue weighted by molar-refractivity contribution is -0.142. The van der Waals surface area contributed by atoms with Crippen molar-refractivity contribution in [2.24, 2.45) is 5.22 Å². The quantitative estimate of drug-likeness (QED) is 0.553. The van der Waals surface area contributed by atoms with Crippen LogP contribution in [0.2, 0.25) is 1.41 Å². The fourth-order valence-electron chi connectivity index (χ4n) is 1.11. The van der Waals surface area contributed by atoms with Crippen LogP contribution in [-0.4, -0.2) is 28.7 Å². The van der Waals surface area contributed by atoms with Crippen molar-refractivity contribution in [1.29, 1.82) is 5.52 Å². The summed E-state index contributed by atoms with van der Waals surface area (Å²) in [5, 5.41) is 13.3. The number of hydrogen-bond donors (Lipinski definition) is 2. The summed E-state index contributed by atoms with van der Waals surface area (Å²) in [6, 6.07) is -0.580. The second-order valence-electron chi connectivity index (χ2n) is 2.25. The number of carboxylic acids is 1. The minimum absolute atomic E-state index is 0.580. The van der Waals surface area contributed by atoms with E-state index in [1.54, 1.807) is 0 Å². The molecule has 10 heavy (non-hydrogen) atoms. The average molecular weight is 144 g/mol. The molecule has 5 nitrogen and oxygen atoms in total. The Morgan fingerprint density at radius 1 is 2.00 bits per heavy atom. The Kier molecular flexibility index (Phi) is 1.49. The zero-order chi connectivity index (χ0) is 8.27. The van der Waals surface area contributed by atoms with E-state index in [1.165, 1.54) is 5.01 Å². The predicted octanol–water partition coefficient (Wildman–Crippen LogP) is 0.481. The van der Waals surface area contributed by atoms with Gasteiger partial charge in [0.05, 0.1) is 0 Å². The van der Waals surface area contributed by atoms with Crippen LogP contribution in [-0.2, 0) is 4.79 Å². The first kappa shape index (κ1) is 5.64. The number of rotatable bonds is 2. The van der Waals surface area contributed by atoms with Gasteiger partial charge in [-0.1, -0.05) is 5.22 Å². The summed E-state index contributed by atoms with van der Waals surface area (Å²) < 4.78 is 6.42. The van der Waals surface area contributed by atoms with Crippen LogP contribution in [0, 0.1) is 5.52 Å². The molecule has 1 saturated heterocycles. The Labute approximate surface area is 59.6 Å². The van der Waals surface area contributed by atoms with Crippen LogP contribution in [0.3, 0.4) is 0 Å². The lowest BCUT2D eigenvalue weighted by atomic mass is 10.2. The van der Waals surface area contributed by atoms with Gasteiger partial charge in [0, 0.05) is 6.54 Å². The van der Waals surface area contributed by atoms with E-state index >= 15 is 0 Å². The molecule has 1 aliphatic rings. The molecule has 0 radical (unpaired) electrons. The van der Waals surface area contributed by atoms with Crippen molar-refractivity contribution < 1.29 is 11.3 Å². The number of carboxylic acid groups (broad SMARTS) is 1. The Morgan fingerprint density at radius 2 is 2.80 bits per heavy atom. The summed E-state index contributed by atoms with van der Waals surface area (Å²) in [6.45, 7) is 0.583. The summed E-state index contributed by atoms with van der Waals surface area (Å²) in [6.07, 6.45) is 1.39. The maximum Gasteiger partial charge on any atom is 0.328 e. The largest absolute Gasteiger partial charge is 0.480 e.